The minimum atomic E-state index is -0.879. The van der Waals surface area contributed by atoms with Crippen LogP contribution in [-0.2, 0) is 15.6 Å². The number of urea groups is 1. The molecule has 0 bridgehead atoms. The lowest BCUT2D eigenvalue weighted by molar-refractivity contribution is -0.146. The molecule has 286 valence electrons. The summed E-state index contributed by atoms with van der Waals surface area (Å²) in [6.45, 7) is 4.88. The van der Waals surface area contributed by atoms with Gasteiger partial charge < -0.3 is 39.8 Å². The van der Waals surface area contributed by atoms with Gasteiger partial charge in [0.1, 0.15) is 0 Å². The van der Waals surface area contributed by atoms with Crippen LogP contribution in [-0.4, -0.2) is 105 Å². The van der Waals surface area contributed by atoms with E-state index in [-0.39, 0.29) is 17.4 Å². The van der Waals surface area contributed by atoms with Gasteiger partial charge in [-0.3, -0.25) is 9.59 Å². The Morgan fingerprint density at radius 3 is 1.92 bits per heavy atom. The minimum Gasteiger partial charge on any atom is -0.493 e. The Kier molecular flexibility index (Phi) is 13.4. The normalized spacial score (nSPS) is 19.9. The fraction of sp³-hybridized carbons (Fsp3) is 0.475. The number of nitrogens with two attached hydrogens (primary N) is 1. The van der Waals surface area contributed by atoms with Gasteiger partial charge in [-0.05, 0) is 100.0 Å². The number of benzene rings is 3. The topological polar surface area (TPSA) is 135 Å². The molecule has 3 aliphatic rings. The molecule has 3 amide bonds. The summed E-state index contributed by atoms with van der Waals surface area (Å²) in [4.78, 5) is 42.7. The van der Waals surface area contributed by atoms with Crippen LogP contribution in [0.25, 0.3) is 0 Å². The number of halogens is 2. The van der Waals surface area contributed by atoms with Crippen molar-refractivity contribution in [2.45, 2.75) is 55.8 Å². The van der Waals surface area contributed by atoms with Gasteiger partial charge in [0.05, 0.1) is 36.8 Å². The van der Waals surface area contributed by atoms with E-state index in [4.69, 9.17) is 43.1 Å². The van der Waals surface area contributed by atoms with Crippen molar-refractivity contribution in [1.29, 1.82) is 0 Å². The highest BCUT2D eigenvalue weighted by molar-refractivity contribution is 6.42. The standard InChI is InChI=1S/C34H38Cl2N2O6.C6H12N2O/c1-42-28-19-23(20-29(43-2)30(28)44-3)31(39)38-18-12-33(22-38,25-9-10-26(35)27(36)21-25)11-15-37-16-13-34(14-17-37,32(40)41)24-7-5-4-6-8-24;7-6(9)8-4-2-1-3-5-8/h4-10,19-21H,11-18,22H2,1-3H3,(H,40,41);1-5H2,(H2,7,9)/t33-;/m0./s1. The zero-order valence-electron chi connectivity index (χ0n) is 30.7. The third-order valence-corrected chi connectivity index (χ3v) is 11.8. The van der Waals surface area contributed by atoms with Crippen LogP contribution < -0.4 is 19.9 Å². The summed E-state index contributed by atoms with van der Waals surface area (Å²) in [6.07, 6.45) is 6.07. The fourth-order valence-corrected chi connectivity index (χ4v) is 8.17. The summed E-state index contributed by atoms with van der Waals surface area (Å²) in [6, 6.07) is 18.4. The van der Waals surface area contributed by atoms with Crippen molar-refractivity contribution in [3.05, 3.63) is 87.4 Å². The second-order valence-corrected chi connectivity index (χ2v) is 14.8. The average molecular weight is 770 g/mol. The zero-order valence-corrected chi connectivity index (χ0v) is 32.3. The van der Waals surface area contributed by atoms with Gasteiger partial charge >= 0.3 is 12.0 Å². The molecule has 0 saturated carbocycles. The maximum atomic E-state index is 13.9. The number of hydrogen-bond acceptors (Lipinski definition) is 7. The first-order valence-corrected chi connectivity index (χ1v) is 18.8. The maximum absolute atomic E-state index is 13.9. The third kappa shape index (κ3) is 8.96. The number of primary amides is 1. The Balaban J connectivity index is 0.000000526. The molecule has 3 saturated heterocycles. The molecular weight excluding hydrogens is 719 g/mol. The van der Waals surface area contributed by atoms with Crippen LogP contribution in [0.15, 0.2) is 60.7 Å². The molecule has 0 aliphatic carbocycles. The highest BCUT2D eigenvalue weighted by Crippen LogP contribution is 2.43. The molecular formula is C40H50Cl2N4O7. The first-order chi connectivity index (χ1) is 25.5. The molecule has 0 unspecified atom stereocenters. The van der Waals surface area contributed by atoms with Gasteiger partial charge in [0.25, 0.3) is 5.91 Å². The Bertz CT molecular complexity index is 1720. The SMILES string of the molecule is COc1cc(C(=O)N2CC[C@](CCN3CCC(C(=O)O)(c4ccccc4)CC3)(c3ccc(Cl)c(Cl)c3)C2)cc(OC)c1OC.NC(=O)N1CCCCC1. The molecule has 11 nitrogen and oxygen atoms in total. The predicted molar refractivity (Wildman–Crippen MR) is 206 cm³/mol. The molecule has 13 heteroatoms. The first kappa shape index (κ1) is 40.0. The maximum Gasteiger partial charge on any atom is 0.314 e. The summed E-state index contributed by atoms with van der Waals surface area (Å²) < 4.78 is 16.4. The lowest BCUT2D eigenvalue weighted by atomic mass is 9.72. The van der Waals surface area contributed by atoms with E-state index < -0.39 is 11.4 Å². The van der Waals surface area contributed by atoms with Crippen molar-refractivity contribution in [3.63, 3.8) is 0 Å². The number of nitrogens with zero attached hydrogens (tertiary/aromatic N) is 3. The summed E-state index contributed by atoms with van der Waals surface area (Å²) in [5, 5.41) is 11.2. The van der Waals surface area contributed by atoms with E-state index in [1.54, 1.807) is 17.0 Å². The number of carboxylic acid groups (broad SMARTS) is 1. The molecule has 0 spiro atoms. The number of piperidine rings is 2. The summed E-state index contributed by atoms with van der Waals surface area (Å²) >= 11 is 12.8. The van der Waals surface area contributed by atoms with E-state index in [1.807, 2.05) is 53.4 Å². The number of carboxylic acids is 1. The molecule has 3 aromatic carbocycles. The van der Waals surface area contributed by atoms with Crippen molar-refractivity contribution >= 4 is 41.1 Å². The van der Waals surface area contributed by atoms with Crippen molar-refractivity contribution in [3.8, 4) is 17.2 Å². The Hall–Kier alpha value is -4.19. The largest absolute Gasteiger partial charge is 0.493 e. The molecule has 3 aromatic rings. The predicted octanol–water partition coefficient (Wildman–Crippen LogP) is 6.86. The van der Waals surface area contributed by atoms with Crippen LogP contribution in [0.1, 0.15) is 66.4 Å². The van der Waals surface area contributed by atoms with Crippen molar-refractivity contribution in [1.82, 2.24) is 14.7 Å². The second-order valence-electron chi connectivity index (χ2n) is 14.0. The highest BCUT2D eigenvalue weighted by atomic mass is 35.5. The summed E-state index contributed by atoms with van der Waals surface area (Å²) in [5.74, 6) is 0.371. The number of amides is 3. The lowest BCUT2D eigenvalue weighted by Crippen LogP contribution is -2.48. The van der Waals surface area contributed by atoms with Crippen molar-refractivity contribution in [2.24, 2.45) is 5.73 Å². The van der Waals surface area contributed by atoms with E-state index >= 15 is 0 Å². The van der Waals surface area contributed by atoms with Crippen LogP contribution in [0.3, 0.4) is 0 Å². The van der Waals surface area contributed by atoms with E-state index in [9.17, 15) is 19.5 Å². The van der Waals surface area contributed by atoms with Crippen LogP contribution in [0.4, 0.5) is 4.79 Å². The minimum absolute atomic E-state index is 0.127. The molecule has 3 heterocycles. The van der Waals surface area contributed by atoms with Gasteiger partial charge in [-0.15, -0.1) is 0 Å². The number of methoxy groups -OCH3 is 3. The number of hydrogen-bond donors (Lipinski definition) is 2. The quantitative estimate of drug-likeness (QED) is 0.229. The molecule has 53 heavy (non-hydrogen) atoms. The molecule has 1 atom stereocenters. The number of rotatable bonds is 10. The number of likely N-dealkylation sites (tertiary alicyclic amines) is 3. The molecule has 3 aliphatic heterocycles. The molecule has 3 N–H and O–H groups in total. The van der Waals surface area contributed by atoms with E-state index in [1.165, 1.54) is 27.8 Å². The smallest absolute Gasteiger partial charge is 0.314 e. The van der Waals surface area contributed by atoms with Crippen LogP contribution in [0, 0.1) is 0 Å². The third-order valence-electron chi connectivity index (χ3n) is 11.1. The summed E-state index contributed by atoms with van der Waals surface area (Å²) in [5.41, 5.74) is 6.16. The van der Waals surface area contributed by atoms with Gasteiger partial charge in [0.2, 0.25) is 5.75 Å². The lowest BCUT2D eigenvalue weighted by Gasteiger charge is -2.40. The Morgan fingerprint density at radius 1 is 0.755 bits per heavy atom. The van der Waals surface area contributed by atoms with Gasteiger partial charge in [0.15, 0.2) is 11.5 Å². The van der Waals surface area contributed by atoms with E-state index in [2.05, 4.69) is 4.90 Å². The number of ether oxygens (including phenoxy) is 3. The molecule has 3 fully saturated rings. The Morgan fingerprint density at radius 2 is 1.40 bits per heavy atom. The van der Waals surface area contributed by atoms with Gasteiger partial charge in [0, 0.05) is 37.2 Å². The van der Waals surface area contributed by atoms with Gasteiger partial charge in [-0.2, -0.15) is 0 Å². The van der Waals surface area contributed by atoms with Crippen LogP contribution in [0.5, 0.6) is 17.2 Å². The Labute approximate surface area is 321 Å². The van der Waals surface area contributed by atoms with Crippen LogP contribution >= 0.6 is 23.2 Å². The zero-order chi connectivity index (χ0) is 38.2. The first-order valence-electron chi connectivity index (χ1n) is 18.1. The summed E-state index contributed by atoms with van der Waals surface area (Å²) in [7, 11) is 4.58. The van der Waals surface area contributed by atoms with E-state index in [0.717, 1.165) is 56.4 Å². The van der Waals surface area contributed by atoms with E-state index in [0.29, 0.717) is 71.9 Å². The van der Waals surface area contributed by atoms with Crippen molar-refractivity contribution in [2.75, 3.05) is 67.1 Å². The van der Waals surface area contributed by atoms with Crippen LogP contribution in [0.2, 0.25) is 10.0 Å². The average Bonchev–Trinajstić information content (AvgIpc) is 3.63. The van der Waals surface area contributed by atoms with Gasteiger partial charge in [-0.25, -0.2) is 4.79 Å². The highest BCUT2D eigenvalue weighted by Gasteiger charge is 2.45. The molecule has 6 rings (SSSR count). The fourth-order valence-electron chi connectivity index (χ4n) is 7.87. The van der Waals surface area contributed by atoms with Crippen molar-refractivity contribution < 1.29 is 33.7 Å². The molecule has 0 aromatic heterocycles. The monoisotopic (exact) mass is 768 g/mol. The second kappa shape index (κ2) is 17.8. The number of carbonyl (C=O) groups is 3. The number of aliphatic carboxylic acids is 1. The molecule has 0 radical (unpaired) electrons. The van der Waals surface area contributed by atoms with Gasteiger partial charge in [-0.1, -0.05) is 59.6 Å². The number of carbonyl (C=O) groups excluding carboxylic acids is 2.